The van der Waals surface area contributed by atoms with Crippen molar-refractivity contribution in [3.05, 3.63) is 41.5 Å². The Labute approximate surface area is 97.3 Å². The zero-order valence-electron chi connectivity index (χ0n) is 9.44. The topological polar surface area (TPSA) is 59.8 Å². The lowest BCUT2D eigenvalue weighted by Crippen LogP contribution is -2.17. The van der Waals surface area contributed by atoms with Crippen molar-refractivity contribution >= 4 is 11.9 Å². The van der Waals surface area contributed by atoms with E-state index in [0.29, 0.717) is 5.56 Å². The van der Waals surface area contributed by atoms with Gasteiger partial charge in [-0.1, -0.05) is 12.1 Å². The molecule has 0 bridgehead atoms. The summed E-state index contributed by atoms with van der Waals surface area (Å²) in [6.45, 7) is 1.61. The number of nitrogens with zero attached hydrogens (tertiary/aromatic N) is 3. The average Bonchev–Trinajstić information content (AvgIpc) is 2.68. The Kier molecular flexibility index (Phi) is 2.86. The maximum atomic E-state index is 13.7. The van der Waals surface area contributed by atoms with E-state index in [-0.39, 0.29) is 11.5 Å². The monoisotopic (exact) mass is 234 g/mol. The zero-order valence-corrected chi connectivity index (χ0v) is 9.44. The van der Waals surface area contributed by atoms with Crippen molar-refractivity contribution in [2.75, 3.05) is 5.32 Å². The molecule has 0 saturated carbocycles. The number of aromatic nitrogens is 3. The number of benzene rings is 1. The number of carbonyl (C=O) groups is 1. The summed E-state index contributed by atoms with van der Waals surface area (Å²) in [4.78, 5) is 15.6. The normalized spacial score (nSPS) is 10.3. The molecule has 0 atom stereocenters. The number of halogens is 1. The summed E-state index contributed by atoms with van der Waals surface area (Å²) in [5, 5.41) is 6.29. The van der Waals surface area contributed by atoms with E-state index in [1.54, 1.807) is 26.1 Å². The van der Waals surface area contributed by atoms with Gasteiger partial charge < -0.3 is 0 Å². The summed E-state index contributed by atoms with van der Waals surface area (Å²) in [5.74, 6) is -0.787. The Balaban J connectivity index is 2.27. The fourth-order valence-corrected chi connectivity index (χ4v) is 1.40. The summed E-state index contributed by atoms with van der Waals surface area (Å²) in [6.07, 6.45) is 1.31. The van der Waals surface area contributed by atoms with Gasteiger partial charge in [0.15, 0.2) is 0 Å². The summed E-state index contributed by atoms with van der Waals surface area (Å²) >= 11 is 0. The van der Waals surface area contributed by atoms with Crippen LogP contribution in [0.1, 0.15) is 15.9 Å². The van der Waals surface area contributed by atoms with Crippen LogP contribution >= 0.6 is 0 Å². The van der Waals surface area contributed by atoms with Gasteiger partial charge in [0, 0.05) is 7.05 Å². The molecule has 1 heterocycles. The van der Waals surface area contributed by atoms with Crippen molar-refractivity contribution in [1.82, 2.24) is 14.8 Å². The van der Waals surface area contributed by atoms with E-state index in [1.807, 2.05) is 0 Å². The molecule has 0 aliphatic carbocycles. The van der Waals surface area contributed by atoms with Crippen LogP contribution in [-0.2, 0) is 7.05 Å². The van der Waals surface area contributed by atoms with Gasteiger partial charge in [0.05, 0.1) is 5.56 Å². The minimum absolute atomic E-state index is 0.00648. The third-order valence-electron chi connectivity index (χ3n) is 2.37. The molecule has 0 fully saturated rings. The molecule has 0 radical (unpaired) electrons. The quantitative estimate of drug-likeness (QED) is 0.856. The van der Waals surface area contributed by atoms with Crippen LogP contribution in [0.5, 0.6) is 0 Å². The minimum atomic E-state index is -0.540. The molecule has 0 aliphatic heterocycles. The Bertz CT molecular complexity index is 564. The number of hydrogen-bond donors (Lipinski definition) is 1. The van der Waals surface area contributed by atoms with Gasteiger partial charge in [0.2, 0.25) is 5.95 Å². The number of nitrogens with one attached hydrogen (secondary N) is 1. The van der Waals surface area contributed by atoms with E-state index in [2.05, 4.69) is 15.4 Å². The molecule has 6 heteroatoms. The number of rotatable bonds is 2. The molecule has 0 aliphatic rings. The highest BCUT2D eigenvalue weighted by molar-refractivity contribution is 6.03. The Morgan fingerprint density at radius 3 is 2.88 bits per heavy atom. The van der Waals surface area contributed by atoms with E-state index in [4.69, 9.17) is 0 Å². The predicted octanol–water partition coefficient (Wildman–Crippen LogP) is 1.51. The van der Waals surface area contributed by atoms with Crippen LogP contribution in [0.15, 0.2) is 24.5 Å². The molecule has 2 aromatic rings. The fourth-order valence-electron chi connectivity index (χ4n) is 1.40. The second-order valence-electron chi connectivity index (χ2n) is 3.60. The Morgan fingerprint density at radius 1 is 1.47 bits per heavy atom. The first kappa shape index (κ1) is 11.3. The summed E-state index contributed by atoms with van der Waals surface area (Å²) in [5.41, 5.74) is 0.420. The molecule has 1 N–H and O–H groups in total. The second-order valence-corrected chi connectivity index (χ2v) is 3.60. The number of carbonyl (C=O) groups excluding carboxylic acids is 1. The molecule has 5 nitrogen and oxygen atoms in total. The largest absolute Gasteiger partial charge is 0.291 e. The smallest absolute Gasteiger partial charge is 0.260 e. The summed E-state index contributed by atoms with van der Waals surface area (Å²) in [7, 11) is 1.63. The average molecular weight is 234 g/mol. The molecular formula is C11H11FN4O. The molecule has 0 saturated heterocycles. The highest BCUT2D eigenvalue weighted by atomic mass is 19.1. The van der Waals surface area contributed by atoms with Gasteiger partial charge in [-0.05, 0) is 18.6 Å². The molecule has 1 aromatic heterocycles. The van der Waals surface area contributed by atoms with Crippen molar-refractivity contribution < 1.29 is 9.18 Å². The lowest BCUT2D eigenvalue weighted by molar-refractivity contribution is 0.102. The second kappa shape index (κ2) is 4.32. The van der Waals surface area contributed by atoms with Crippen molar-refractivity contribution in [1.29, 1.82) is 0 Å². The van der Waals surface area contributed by atoms with Crippen LogP contribution in [0.25, 0.3) is 0 Å². The van der Waals surface area contributed by atoms with Crippen molar-refractivity contribution in [2.24, 2.45) is 7.05 Å². The summed E-state index contributed by atoms with van der Waals surface area (Å²) < 4.78 is 15.1. The van der Waals surface area contributed by atoms with Gasteiger partial charge in [-0.15, -0.1) is 0 Å². The van der Waals surface area contributed by atoms with E-state index >= 15 is 0 Å². The lowest BCUT2D eigenvalue weighted by Gasteiger charge is -2.06. The highest BCUT2D eigenvalue weighted by Gasteiger charge is 2.14. The van der Waals surface area contributed by atoms with Crippen LogP contribution in [0.2, 0.25) is 0 Å². The van der Waals surface area contributed by atoms with Gasteiger partial charge >= 0.3 is 0 Å². The van der Waals surface area contributed by atoms with E-state index in [9.17, 15) is 9.18 Å². The van der Waals surface area contributed by atoms with Crippen LogP contribution in [0.3, 0.4) is 0 Å². The van der Waals surface area contributed by atoms with E-state index in [0.717, 1.165) is 0 Å². The minimum Gasteiger partial charge on any atom is -0.291 e. The maximum Gasteiger partial charge on any atom is 0.260 e. The first-order valence-corrected chi connectivity index (χ1v) is 5.00. The fraction of sp³-hybridized carbons (Fsp3) is 0.182. The van der Waals surface area contributed by atoms with Gasteiger partial charge in [0.1, 0.15) is 12.1 Å². The highest BCUT2D eigenvalue weighted by Crippen LogP contribution is 2.13. The number of anilines is 1. The Morgan fingerprint density at radius 2 is 2.24 bits per heavy atom. The number of aryl methyl sites for hydroxylation is 2. The van der Waals surface area contributed by atoms with Gasteiger partial charge in [-0.2, -0.15) is 10.1 Å². The van der Waals surface area contributed by atoms with Gasteiger partial charge in [-0.3, -0.25) is 10.1 Å². The van der Waals surface area contributed by atoms with Crippen molar-refractivity contribution in [3.63, 3.8) is 0 Å². The van der Waals surface area contributed by atoms with Crippen LogP contribution in [-0.4, -0.2) is 20.7 Å². The maximum absolute atomic E-state index is 13.7. The molecule has 2 rings (SSSR count). The molecular weight excluding hydrogens is 223 g/mol. The SMILES string of the molecule is Cc1cccc(C(=O)Nc2ncnn2C)c1F. The van der Waals surface area contributed by atoms with Crippen molar-refractivity contribution in [2.45, 2.75) is 6.92 Å². The third kappa shape index (κ3) is 2.15. The number of amides is 1. The van der Waals surface area contributed by atoms with Gasteiger partial charge in [-0.25, -0.2) is 9.07 Å². The molecule has 1 aromatic carbocycles. The first-order chi connectivity index (χ1) is 8.09. The summed E-state index contributed by atoms with van der Waals surface area (Å²) in [6, 6.07) is 4.66. The van der Waals surface area contributed by atoms with E-state index < -0.39 is 11.7 Å². The van der Waals surface area contributed by atoms with Crippen LogP contribution in [0.4, 0.5) is 10.3 Å². The molecule has 1 amide bonds. The third-order valence-corrected chi connectivity index (χ3v) is 2.37. The van der Waals surface area contributed by atoms with Gasteiger partial charge in [0.25, 0.3) is 5.91 Å². The number of hydrogen-bond acceptors (Lipinski definition) is 3. The Hall–Kier alpha value is -2.24. The van der Waals surface area contributed by atoms with Crippen LogP contribution < -0.4 is 5.32 Å². The van der Waals surface area contributed by atoms with E-state index in [1.165, 1.54) is 17.1 Å². The first-order valence-electron chi connectivity index (χ1n) is 5.00. The predicted molar refractivity (Wildman–Crippen MR) is 60.1 cm³/mol. The van der Waals surface area contributed by atoms with Crippen LogP contribution in [0, 0.1) is 12.7 Å². The standard InChI is InChI=1S/C11H11FN4O/c1-7-4-3-5-8(9(7)12)10(17)15-11-13-6-14-16(11)2/h3-6H,1-2H3,(H,13,14,15,17). The molecule has 17 heavy (non-hydrogen) atoms. The lowest BCUT2D eigenvalue weighted by atomic mass is 10.1. The zero-order chi connectivity index (χ0) is 12.4. The molecule has 0 unspecified atom stereocenters. The molecule has 0 spiro atoms. The van der Waals surface area contributed by atoms with Crippen molar-refractivity contribution in [3.8, 4) is 0 Å². The molecule has 88 valence electrons.